The molecule has 0 unspecified atom stereocenters. The quantitative estimate of drug-likeness (QED) is 0.0540. The highest BCUT2D eigenvalue weighted by molar-refractivity contribution is 7.89. The fraction of sp³-hybridized carbons (Fsp3) is 0.417. The van der Waals surface area contributed by atoms with Crippen LogP contribution < -0.4 is 30.7 Å². The lowest BCUT2D eigenvalue weighted by Crippen LogP contribution is -2.62. The largest absolute Gasteiger partial charge is 0.388 e. The SMILES string of the molecule is Cc1ccc(S(=O)(=O)N[C@@H](C)C(=O)N[C@H](C(=O)N[C@@H](Cc2ccccc2)[C@@H](O)[C@H](O)[C@H](Cc2ccccc2)NC(=O)[C@@H](NC(=O)[C@H](C)NS(=O)(=O)c2ccc(C)cc2)C(C)C)C(C)C)cc1. The van der Waals surface area contributed by atoms with Crippen LogP contribution in [0.3, 0.4) is 0 Å². The highest BCUT2D eigenvalue weighted by atomic mass is 32.2. The predicted octanol–water partition coefficient (Wildman–Crippen LogP) is 2.80. The first-order valence-corrected chi connectivity index (χ1v) is 24.8. The van der Waals surface area contributed by atoms with E-state index in [1.165, 1.54) is 38.1 Å². The number of carbonyl (C=O) groups is 4. The van der Waals surface area contributed by atoms with Crippen LogP contribution in [0.15, 0.2) is 119 Å². The fourth-order valence-corrected chi connectivity index (χ4v) is 9.45. The van der Waals surface area contributed by atoms with E-state index in [1.807, 2.05) is 13.8 Å². The first-order chi connectivity index (χ1) is 31.0. The van der Waals surface area contributed by atoms with Gasteiger partial charge < -0.3 is 31.5 Å². The Balaban J connectivity index is 1.56. The highest BCUT2D eigenvalue weighted by Gasteiger charge is 2.38. The van der Waals surface area contributed by atoms with E-state index in [0.29, 0.717) is 11.1 Å². The molecule has 0 saturated heterocycles. The van der Waals surface area contributed by atoms with Gasteiger partial charge in [-0.05, 0) is 87.8 Å². The second-order valence-electron chi connectivity index (χ2n) is 17.4. The summed E-state index contributed by atoms with van der Waals surface area (Å²) >= 11 is 0. The van der Waals surface area contributed by atoms with Gasteiger partial charge in [-0.15, -0.1) is 0 Å². The Morgan fingerprint density at radius 3 is 1.05 bits per heavy atom. The van der Waals surface area contributed by atoms with E-state index >= 15 is 0 Å². The number of carbonyl (C=O) groups excluding carboxylic acids is 4. The van der Waals surface area contributed by atoms with Gasteiger partial charge in [-0.3, -0.25) is 19.2 Å². The number of nitrogens with one attached hydrogen (secondary N) is 6. The number of aliphatic hydroxyl groups is 2. The summed E-state index contributed by atoms with van der Waals surface area (Å²) in [5.74, 6) is -4.06. The Morgan fingerprint density at radius 2 is 0.758 bits per heavy atom. The lowest BCUT2D eigenvalue weighted by molar-refractivity contribution is -0.133. The summed E-state index contributed by atoms with van der Waals surface area (Å²) in [6.07, 6.45) is -3.47. The Labute approximate surface area is 388 Å². The molecule has 8 N–H and O–H groups in total. The summed E-state index contributed by atoms with van der Waals surface area (Å²) in [4.78, 5) is 55.1. The molecule has 0 aliphatic rings. The predicted molar refractivity (Wildman–Crippen MR) is 252 cm³/mol. The molecule has 0 radical (unpaired) electrons. The molecule has 66 heavy (non-hydrogen) atoms. The summed E-state index contributed by atoms with van der Waals surface area (Å²) in [5.41, 5.74) is 3.05. The van der Waals surface area contributed by atoms with Crippen LogP contribution in [-0.4, -0.2) is 99.1 Å². The van der Waals surface area contributed by atoms with Gasteiger partial charge >= 0.3 is 0 Å². The number of amides is 4. The van der Waals surface area contributed by atoms with Gasteiger partial charge in [-0.1, -0.05) is 124 Å². The number of aliphatic hydroxyl groups excluding tert-OH is 2. The monoisotopic (exact) mass is 948 g/mol. The van der Waals surface area contributed by atoms with Crippen molar-refractivity contribution < 1.29 is 46.2 Å². The number of sulfonamides is 2. The zero-order valence-corrected chi connectivity index (χ0v) is 40.2. The van der Waals surface area contributed by atoms with Crippen molar-refractivity contribution in [3.05, 3.63) is 131 Å². The van der Waals surface area contributed by atoms with E-state index in [-0.39, 0.29) is 22.6 Å². The Morgan fingerprint density at radius 1 is 0.455 bits per heavy atom. The molecule has 0 saturated carbocycles. The van der Waals surface area contributed by atoms with Crippen molar-refractivity contribution in [3.8, 4) is 0 Å². The number of hydrogen-bond donors (Lipinski definition) is 8. The second kappa shape index (κ2) is 23.8. The maximum atomic E-state index is 14.1. The lowest BCUT2D eigenvalue weighted by atomic mass is 9.90. The van der Waals surface area contributed by atoms with Gasteiger partial charge in [0.05, 0.1) is 34.0 Å². The minimum absolute atomic E-state index is 0.00336. The molecule has 4 rings (SSSR count). The maximum absolute atomic E-state index is 14.1. The van der Waals surface area contributed by atoms with Crippen LogP contribution in [0.2, 0.25) is 0 Å². The summed E-state index contributed by atoms with van der Waals surface area (Å²) in [7, 11) is -8.19. The van der Waals surface area contributed by atoms with Crippen LogP contribution >= 0.6 is 0 Å². The maximum Gasteiger partial charge on any atom is 0.243 e. The summed E-state index contributed by atoms with van der Waals surface area (Å²) < 4.78 is 56.9. The molecule has 0 aliphatic carbocycles. The van der Waals surface area contributed by atoms with Crippen molar-refractivity contribution >= 4 is 43.7 Å². The number of benzene rings is 4. The molecular weight excluding hydrogens is 885 g/mol. The number of rotatable bonds is 23. The Hall–Kier alpha value is -5.50. The third-order valence-electron chi connectivity index (χ3n) is 11.0. The van der Waals surface area contributed by atoms with E-state index in [2.05, 4.69) is 30.7 Å². The molecule has 4 aromatic carbocycles. The number of hydrogen-bond acceptors (Lipinski definition) is 10. The van der Waals surface area contributed by atoms with Crippen molar-refractivity contribution in [2.24, 2.45) is 11.8 Å². The third-order valence-corrected chi connectivity index (χ3v) is 14.1. The van der Waals surface area contributed by atoms with Crippen LogP contribution in [0, 0.1) is 25.7 Å². The van der Waals surface area contributed by atoms with E-state index in [0.717, 1.165) is 11.1 Å². The molecule has 4 aromatic rings. The third kappa shape index (κ3) is 15.3. The minimum atomic E-state index is -4.10. The Kier molecular flexibility index (Phi) is 19.2. The van der Waals surface area contributed by atoms with Crippen LogP contribution in [0.4, 0.5) is 0 Å². The molecule has 18 heteroatoms. The number of aryl methyl sites for hydroxylation is 2. The van der Waals surface area contributed by atoms with Gasteiger partial charge in [0, 0.05) is 0 Å². The molecule has 4 amide bonds. The first kappa shape index (κ1) is 53.1. The highest BCUT2D eigenvalue weighted by Crippen LogP contribution is 2.18. The van der Waals surface area contributed by atoms with Crippen LogP contribution in [0.5, 0.6) is 0 Å². The van der Waals surface area contributed by atoms with E-state index < -0.39 is 104 Å². The van der Waals surface area contributed by atoms with Crippen LogP contribution in [-0.2, 0) is 52.1 Å². The summed E-state index contributed by atoms with van der Waals surface area (Å²) in [6.45, 7) is 13.0. The molecule has 0 fully saturated rings. The first-order valence-electron chi connectivity index (χ1n) is 21.8. The fourth-order valence-electron chi connectivity index (χ4n) is 7.04. The van der Waals surface area contributed by atoms with Gasteiger partial charge in [-0.2, -0.15) is 9.44 Å². The minimum Gasteiger partial charge on any atom is -0.388 e. The van der Waals surface area contributed by atoms with Gasteiger partial charge in [-0.25, -0.2) is 16.8 Å². The van der Waals surface area contributed by atoms with E-state index in [4.69, 9.17) is 0 Å². The van der Waals surface area contributed by atoms with Crippen molar-refractivity contribution in [2.45, 2.75) is 126 Å². The van der Waals surface area contributed by atoms with E-state index in [1.54, 1.807) is 113 Å². The molecule has 0 spiro atoms. The van der Waals surface area contributed by atoms with Crippen molar-refractivity contribution in [3.63, 3.8) is 0 Å². The van der Waals surface area contributed by atoms with Crippen LogP contribution in [0.1, 0.15) is 63.8 Å². The Bertz CT molecular complexity index is 2280. The molecule has 358 valence electrons. The van der Waals surface area contributed by atoms with Crippen LogP contribution in [0.25, 0.3) is 0 Å². The van der Waals surface area contributed by atoms with E-state index in [9.17, 15) is 46.2 Å². The van der Waals surface area contributed by atoms with Crippen molar-refractivity contribution in [1.29, 1.82) is 0 Å². The standard InChI is InChI=1S/C48H64N6O10S2/c1-29(2)41(51-45(57)33(7)53-65(61,62)37-23-19-31(5)20-24-37)47(59)49-39(27-35-15-11-9-12-16-35)43(55)44(56)40(28-36-17-13-10-14-18-36)50-48(60)42(30(3)4)52-46(58)34(8)54-66(63,64)38-25-21-32(6)22-26-38/h9-26,29-30,33-34,39-44,53-56H,27-28H2,1-8H3,(H,49,59)(H,50,60)(H,51,57)(H,52,58)/t33-,34-,39-,40-,41-,42-,43+,44+/m0/s1. The zero-order valence-electron chi connectivity index (χ0n) is 38.6. The summed E-state index contributed by atoms with van der Waals surface area (Å²) in [5, 5.41) is 35.0. The molecule has 16 nitrogen and oxygen atoms in total. The second-order valence-corrected chi connectivity index (χ2v) is 20.8. The molecular formula is C48H64N6O10S2. The van der Waals surface area contributed by atoms with Crippen molar-refractivity contribution in [2.75, 3.05) is 0 Å². The van der Waals surface area contributed by atoms with Gasteiger partial charge in [0.25, 0.3) is 0 Å². The van der Waals surface area contributed by atoms with Gasteiger partial charge in [0.15, 0.2) is 0 Å². The normalized spacial score (nSPS) is 15.6. The smallest absolute Gasteiger partial charge is 0.243 e. The zero-order chi connectivity index (χ0) is 48.9. The van der Waals surface area contributed by atoms with Gasteiger partial charge in [0.1, 0.15) is 24.3 Å². The summed E-state index contributed by atoms with van der Waals surface area (Å²) in [6, 6.07) is 22.5. The van der Waals surface area contributed by atoms with Crippen molar-refractivity contribution in [1.82, 2.24) is 30.7 Å². The van der Waals surface area contributed by atoms with Gasteiger partial charge in [0.2, 0.25) is 43.7 Å². The molecule has 0 aromatic heterocycles. The molecule has 0 bridgehead atoms. The topological polar surface area (TPSA) is 249 Å². The average molecular weight is 949 g/mol. The molecule has 0 aliphatic heterocycles. The molecule has 0 heterocycles. The molecule has 8 atom stereocenters. The average Bonchev–Trinajstić information content (AvgIpc) is 3.26. The lowest BCUT2D eigenvalue weighted by Gasteiger charge is -2.35.